The number of methoxy groups -OCH3 is 2. The summed E-state index contributed by atoms with van der Waals surface area (Å²) in [6.07, 6.45) is 0.889. The third-order valence-electron chi connectivity index (χ3n) is 2.93. The molecule has 0 unspecified atom stereocenters. The second-order valence-electron chi connectivity index (χ2n) is 4.40. The van der Waals surface area contributed by atoms with E-state index in [4.69, 9.17) is 32.2 Å². The monoisotopic (exact) mass is 299 g/mol. The Morgan fingerprint density at radius 2 is 1.95 bits per heavy atom. The molecule has 3 N–H and O–H groups in total. The number of anilines is 1. The zero-order valence-electron chi connectivity index (χ0n) is 12.0. The van der Waals surface area contributed by atoms with E-state index in [-0.39, 0.29) is 5.84 Å². The Kier molecular flexibility index (Phi) is 7.36. The number of benzene rings is 1. The molecule has 0 aromatic heterocycles. The van der Waals surface area contributed by atoms with Crippen LogP contribution in [-0.4, -0.2) is 46.4 Å². The molecule has 0 heterocycles. The average Bonchev–Trinajstić information content (AvgIpc) is 2.43. The largest absolute Gasteiger partial charge is 0.385 e. The third kappa shape index (κ3) is 5.00. The van der Waals surface area contributed by atoms with Crippen LogP contribution in [0.1, 0.15) is 12.0 Å². The highest BCUT2D eigenvalue weighted by molar-refractivity contribution is 6.31. The molecule has 0 saturated carbocycles. The Bertz CT molecular complexity index is 440. The molecule has 112 valence electrons. The minimum atomic E-state index is 0.0108. The number of nitrogens with one attached hydrogen (secondary N) is 1. The van der Waals surface area contributed by atoms with E-state index >= 15 is 0 Å². The first-order chi connectivity index (χ1) is 9.60. The van der Waals surface area contributed by atoms with Crippen LogP contribution in [0, 0.1) is 5.41 Å². The number of nitrogens with zero attached hydrogens (tertiary/aromatic N) is 1. The van der Waals surface area contributed by atoms with Crippen LogP contribution >= 0.6 is 11.6 Å². The second kappa shape index (κ2) is 8.79. The molecule has 1 aromatic rings. The molecule has 0 spiro atoms. The molecule has 5 nitrogen and oxygen atoms in total. The van der Waals surface area contributed by atoms with Crippen LogP contribution < -0.4 is 10.6 Å². The summed E-state index contributed by atoms with van der Waals surface area (Å²) in [7, 11) is 3.35. The van der Waals surface area contributed by atoms with Crippen molar-refractivity contribution in [2.75, 3.05) is 45.4 Å². The molecule has 0 saturated heterocycles. The summed E-state index contributed by atoms with van der Waals surface area (Å²) in [4.78, 5) is 2.13. The van der Waals surface area contributed by atoms with Gasteiger partial charge in [0.2, 0.25) is 0 Å². The van der Waals surface area contributed by atoms with Crippen LogP contribution in [0.25, 0.3) is 0 Å². The van der Waals surface area contributed by atoms with Gasteiger partial charge in [-0.15, -0.1) is 0 Å². The molecule has 0 bridgehead atoms. The number of nitrogens with two attached hydrogens (primary N) is 1. The zero-order valence-corrected chi connectivity index (χ0v) is 12.7. The lowest BCUT2D eigenvalue weighted by Gasteiger charge is -2.26. The number of hydrogen-bond acceptors (Lipinski definition) is 4. The van der Waals surface area contributed by atoms with Crippen LogP contribution in [0.2, 0.25) is 5.02 Å². The first-order valence-corrected chi connectivity index (χ1v) is 6.84. The predicted octanol–water partition coefficient (Wildman–Crippen LogP) is 2.11. The van der Waals surface area contributed by atoms with Gasteiger partial charge in [-0.2, -0.15) is 0 Å². The van der Waals surface area contributed by atoms with Gasteiger partial charge in [-0.05, 0) is 24.6 Å². The van der Waals surface area contributed by atoms with Crippen molar-refractivity contribution in [2.24, 2.45) is 5.73 Å². The summed E-state index contributed by atoms with van der Waals surface area (Å²) >= 11 is 5.98. The summed E-state index contributed by atoms with van der Waals surface area (Å²) in [5.41, 5.74) is 7.19. The van der Waals surface area contributed by atoms with E-state index in [9.17, 15) is 0 Å². The number of halogens is 1. The molecule has 1 aromatic carbocycles. The average molecular weight is 300 g/mol. The van der Waals surface area contributed by atoms with Gasteiger partial charge in [0, 0.05) is 50.2 Å². The van der Waals surface area contributed by atoms with Crippen LogP contribution in [0.4, 0.5) is 5.69 Å². The van der Waals surface area contributed by atoms with Crippen molar-refractivity contribution < 1.29 is 9.47 Å². The van der Waals surface area contributed by atoms with E-state index in [1.165, 1.54) is 0 Å². The van der Waals surface area contributed by atoms with Gasteiger partial charge in [-0.1, -0.05) is 11.6 Å². The van der Waals surface area contributed by atoms with Crippen molar-refractivity contribution in [3.63, 3.8) is 0 Å². The first-order valence-electron chi connectivity index (χ1n) is 6.47. The van der Waals surface area contributed by atoms with Gasteiger partial charge < -0.3 is 20.1 Å². The van der Waals surface area contributed by atoms with Crippen molar-refractivity contribution in [3.05, 3.63) is 28.8 Å². The topological polar surface area (TPSA) is 71.6 Å². The van der Waals surface area contributed by atoms with Gasteiger partial charge in [0.1, 0.15) is 5.84 Å². The number of rotatable bonds is 9. The highest BCUT2D eigenvalue weighted by atomic mass is 35.5. The second-order valence-corrected chi connectivity index (χ2v) is 4.84. The molecule has 20 heavy (non-hydrogen) atoms. The lowest BCUT2D eigenvalue weighted by Crippen LogP contribution is -2.31. The SMILES string of the molecule is COCCCN(CCOC)c1ccc(Cl)cc1C(=N)N. The molecular formula is C14H22ClN3O2. The summed E-state index contributed by atoms with van der Waals surface area (Å²) < 4.78 is 10.2. The molecule has 0 aliphatic rings. The van der Waals surface area contributed by atoms with E-state index in [1.807, 2.05) is 6.07 Å². The van der Waals surface area contributed by atoms with E-state index < -0.39 is 0 Å². The summed E-state index contributed by atoms with van der Waals surface area (Å²) in [5, 5.41) is 8.26. The van der Waals surface area contributed by atoms with Crippen molar-refractivity contribution in [3.8, 4) is 0 Å². The number of nitrogen functional groups attached to an aromatic ring is 1. The maximum Gasteiger partial charge on any atom is 0.124 e. The fraction of sp³-hybridized carbons (Fsp3) is 0.500. The zero-order chi connectivity index (χ0) is 15.0. The van der Waals surface area contributed by atoms with Gasteiger partial charge in [-0.3, -0.25) is 5.41 Å². The molecule has 0 atom stereocenters. The van der Waals surface area contributed by atoms with E-state index in [0.717, 1.165) is 25.2 Å². The molecule has 1 rings (SSSR count). The lowest BCUT2D eigenvalue weighted by molar-refractivity contribution is 0.191. The van der Waals surface area contributed by atoms with Crippen molar-refractivity contribution in [2.45, 2.75) is 6.42 Å². The molecule has 0 aliphatic carbocycles. The Morgan fingerprint density at radius 3 is 2.55 bits per heavy atom. The Morgan fingerprint density at radius 1 is 1.25 bits per heavy atom. The van der Waals surface area contributed by atoms with Gasteiger partial charge >= 0.3 is 0 Å². The number of ether oxygens (including phenoxy) is 2. The van der Waals surface area contributed by atoms with Crippen molar-refractivity contribution >= 4 is 23.1 Å². The number of hydrogen-bond donors (Lipinski definition) is 2. The highest BCUT2D eigenvalue weighted by Gasteiger charge is 2.13. The van der Waals surface area contributed by atoms with E-state index in [0.29, 0.717) is 23.8 Å². The maximum absolute atomic E-state index is 7.69. The normalized spacial score (nSPS) is 10.6. The number of amidine groups is 1. The van der Waals surface area contributed by atoms with Crippen LogP contribution in [0.5, 0.6) is 0 Å². The van der Waals surface area contributed by atoms with Gasteiger partial charge in [0.05, 0.1) is 6.61 Å². The fourth-order valence-electron chi connectivity index (χ4n) is 1.95. The van der Waals surface area contributed by atoms with Crippen LogP contribution in [0.3, 0.4) is 0 Å². The van der Waals surface area contributed by atoms with E-state index in [2.05, 4.69) is 4.90 Å². The molecule has 0 aliphatic heterocycles. The Balaban J connectivity index is 2.95. The minimum absolute atomic E-state index is 0.0108. The molecule has 6 heteroatoms. The maximum atomic E-state index is 7.69. The molecular weight excluding hydrogens is 278 g/mol. The summed E-state index contributed by atoms with van der Waals surface area (Å²) in [6.45, 7) is 2.82. The molecule has 0 fully saturated rings. The van der Waals surface area contributed by atoms with Crippen LogP contribution in [0.15, 0.2) is 18.2 Å². The Hall–Kier alpha value is -1.30. The smallest absolute Gasteiger partial charge is 0.124 e. The fourth-order valence-corrected chi connectivity index (χ4v) is 2.13. The lowest BCUT2D eigenvalue weighted by atomic mass is 10.1. The third-order valence-corrected chi connectivity index (χ3v) is 3.17. The van der Waals surface area contributed by atoms with Gasteiger partial charge in [0.15, 0.2) is 0 Å². The summed E-state index contributed by atoms with van der Waals surface area (Å²) in [6, 6.07) is 5.41. The van der Waals surface area contributed by atoms with Gasteiger partial charge in [0.25, 0.3) is 0 Å². The standard InChI is InChI=1S/C14H22ClN3O2/c1-19-8-3-6-18(7-9-20-2)13-5-4-11(15)10-12(13)14(16)17/h4-5,10H,3,6-9H2,1-2H3,(H3,16,17). The van der Waals surface area contributed by atoms with E-state index in [1.54, 1.807) is 26.4 Å². The van der Waals surface area contributed by atoms with Crippen molar-refractivity contribution in [1.29, 1.82) is 5.41 Å². The summed E-state index contributed by atoms with van der Waals surface area (Å²) in [5.74, 6) is 0.0108. The van der Waals surface area contributed by atoms with Crippen LogP contribution in [-0.2, 0) is 9.47 Å². The predicted molar refractivity (Wildman–Crippen MR) is 83.1 cm³/mol. The minimum Gasteiger partial charge on any atom is -0.385 e. The first kappa shape index (κ1) is 16.8. The molecule has 0 radical (unpaired) electrons. The highest BCUT2D eigenvalue weighted by Crippen LogP contribution is 2.24. The van der Waals surface area contributed by atoms with Gasteiger partial charge in [-0.25, -0.2) is 0 Å². The Labute approximate surface area is 125 Å². The van der Waals surface area contributed by atoms with Crippen molar-refractivity contribution in [1.82, 2.24) is 0 Å². The molecule has 0 amide bonds. The quantitative estimate of drug-likeness (QED) is 0.416.